The first-order chi connectivity index (χ1) is 14.2. The Kier molecular flexibility index (Phi) is 4.70. The number of ether oxygens (including phenoxy) is 1. The minimum absolute atomic E-state index is 0.0940. The van der Waals surface area contributed by atoms with Crippen LogP contribution in [0.4, 0.5) is 5.69 Å². The van der Waals surface area contributed by atoms with Crippen molar-refractivity contribution >= 4 is 16.6 Å². The number of pyridine rings is 1. The highest BCUT2D eigenvalue weighted by atomic mass is 16.5. The normalized spacial score (nSPS) is 17.6. The van der Waals surface area contributed by atoms with E-state index in [1.807, 2.05) is 18.3 Å². The van der Waals surface area contributed by atoms with Gasteiger partial charge >= 0.3 is 0 Å². The average Bonchev–Trinajstić information content (AvgIpc) is 3.60. The van der Waals surface area contributed by atoms with Gasteiger partial charge in [-0.3, -0.25) is 14.3 Å². The summed E-state index contributed by atoms with van der Waals surface area (Å²) in [6.45, 7) is 2.71. The Hall–Kier alpha value is -2.89. The maximum absolute atomic E-state index is 12.4. The Bertz CT molecular complexity index is 1080. The van der Waals surface area contributed by atoms with Crippen LogP contribution >= 0.6 is 0 Å². The summed E-state index contributed by atoms with van der Waals surface area (Å²) in [6.07, 6.45) is 8.10. The van der Waals surface area contributed by atoms with Crippen LogP contribution in [0.2, 0.25) is 0 Å². The summed E-state index contributed by atoms with van der Waals surface area (Å²) in [5.74, 6) is 1.87. The minimum Gasteiger partial charge on any atom is -0.497 e. The summed E-state index contributed by atoms with van der Waals surface area (Å²) in [7, 11) is 1.69. The average molecular weight is 390 g/mol. The molecule has 6 nitrogen and oxygen atoms in total. The van der Waals surface area contributed by atoms with Gasteiger partial charge in [-0.15, -0.1) is 0 Å². The van der Waals surface area contributed by atoms with Gasteiger partial charge in [-0.2, -0.15) is 0 Å². The highest BCUT2D eigenvalue weighted by Gasteiger charge is 2.26. The third-order valence-corrected chi connectivity index (χ3v) is 6.23. The molecule has 0 N–H and O–H groups in total. The molecule has 5 rings (SSSR count). The molecule has 0 unspecified atom stereocenters. The molecule has 1 saturated heterocycles. The lowest BCUT2D eigenvalue weighted by atomic mass is 9.96. The summed E-state index contributed by atoms with van der Waals surface area (Å²) >= 11 is 0. The van der Waals surface area contributed by atoms with Gasteiger partial charge in [0.15, 0.2) is 0 Å². The van der Waals surface area contributed by atoms with Gasteiger partial charge in [0.2, 0.25) is 0 Å². The van der Waals surface area contributed by atoms with Crippen LogP contribution in [0.3, 0.4) is 0 Å². The molecular weight excluding hydrogens is 364 g/mol. The molecule has 0 radical (unpaired) electrons. The summed E-state index contributed by atoms with van der Waals surface area (Å²) < 4.78 is 7.19. The number of fused-ring (bicyclic) bond motifs is 1. The Balaban J connectivity index is 1.28. The van der Waals surface area contributed by atoms with Crippen molar-refractivity contribution in [2.24, 2.45) is 5.92 Å². The first-order valence-electron chi connectivity index (χ1n) is 10.5. The zero-order valence-electron chi connectivity index (χ0n) is 16.8. The second kappa shape index (κ2) is 7.50. The fraction of sp³-hybridized carbons (Fsp3) is 0.435. The Morgan fingerprint density at radius 2 is 1.90 bits per heavy atom. The standard InChI is InChI=1S/C23H26N4O2/c1-29-18-4-5-20-19(12-18)22(6-9-24-20)26-10-7-16(8-11-26)14-27-15-25-21(13-23(27)28)17-2-3-17/h4-6,9,12-13,15-17H,2-3,7-8,10-11,14H2,1H3. The maximum atomic E-state index is 12.4. The van der Waals surface area contributed by atoms with Crippen molar-refractivity contribution in [3.05, 3.63) is 58.9 Å². The molecule has 29 heavy (non-hydrogen) atoms. The van der Waals surface area contributed by atoms with Crippen LogP contribution in [0.25, 0.3) is 10.9 Å². The first-order valence-corrected chi connectivity index (χ1v) is 10.5. The van der Waals surface area contributed by atoms with Gasteiger partial charge in [0, 0.05) is 48.9 Å². The third-order valence-electron chi connectivity index (χ3n) is 6.23. The van der Waals surface area contributed by atoms with E-state index in [2.05, 4.69) is 27.0 Å². The second-order valence-corrected chi connectivity index (χ2v) is 8.22. The Labute approximate surface area is 170 Å². The van der Waals surface area contributed by atoms with E-state index < -0.39 is 0 Å². The molecule has 6 heteroatoms. The molecule has 1 aliphatic carbocycles. The van der Waals surface area contributed by atoms with Crippen LogP contribution in [0.5, 0.6) is 5.75 Å². The lowest BCUT2D eigenvalue weighted by Gasteiger charge is -2.34. The van der Waals surface area contributed by atoms with E-state index >= 15 is 0 Å². The number of nitrogens with zero attached hydrogens (tertiary/aromatic N) is 4. The fourth-order valence-corrected chi connectivity index (χ4v) is 4.33. The number of rotatable bonds is 5. The van der Waals surface area contributed by atoms with Gasteiger partial charge in [0.25, 0.3) is 5.56 Å². The molecule has 1 aliphatic heterocycles. The van der Waals surface area contributed by atoms with Crippen molar-refractivity contribution in [1.29, 1.82) is 0 Å². The number of hydrogen-bond donors (Lipinski definition) is 0. The van der Waals surface area contributed by atoms with Crippen LogP contribution < -0.4 is 15.2 Å². The number of aromatic nitrogens is 3. The van der Waals surface area contributed by atoms with Crippen LogP contribution in [-0.4, -0.2) is 34.7 Å². The van der Waals surface area contributed by atoms with E-state index in [4.69, 9.17) is 4.74 Å². The molecule has 0 spiro atoms. The fourth-order valence-electron chi connectivity index (χ4n) is 4.33. The molecule has 1 saturated carbocycles. The molecule has 1 aromatic carbocycles. The van der Waals surface area contributed by atoms with E-state index in [0.717, 1.165) is 54.8 Å². The van der Waals surface area contributed by atoms with Crippen molar-refractivity contribution in [1.82, 2.24) is 14.5 Å². The molecule has 3 aromatic rings. The zero-order valence-corrected chi connectivity index (χ0v) is 16.8. The van der Waals surface area contributed by atoms with Crippen molar-refractivity contribution in [3.63, 3.8) is 0 Å². The molecule has 2 aliphatic rings. The topological polar surface area (TPSA) is 60.2 Å². The number of piperidine rings is 1. The predicted molar refractivity (Wildman–Crippen MR) is 114 cm³/mol. The Morgan fingerprint density at radius 1 is 1.07 bits per heavy atom. The monoisotopic (exact) mass is 390 g/mol. The molecule has 150 valence electrons. The largest absolute Gasteiger partial charge is 0.497 e. The second-order valence-electron chi connectivity index (χ2n) is 8.22. The number of hydrogen-bond acceptors (Lipinski definition) is 5. The molecule has 3 heterocycles. The van der Waals surface area contributed by atoms with E-state index in [-0.39, 0.29) is 5.56 Å². The van der Waals surface area contributed by atoms with Gasteiger partial charge in [-0.25, -0.2) is 4.98 Å². The van der Waals surface area contributed by atoms with Crippen molar-refractivity contribution in [2.45, 2.75) is 38.1 Å². The highest BCUT2D eigenvalue weighted by Crippen LogP contribution is 2.38. The van der Waals surface area contributed by atoms with E-state index in [1.165, 1.54) is 18.5 Å². The summed E-state index contributed by atoms with van der Waals surface area (Å²) in [4.78, 5) is 23.9. The quantitative estimate of drug-likeness (QED) is 0.666. The summed E-state index contributed by atoms with van der Waals surface area (Å²) in [6, 6.07) is 9.85. The molecule has 0 bridgehead atoms. The van der Waals surface area contributed by atoms with Crippen LogP contribution in [0.1, 0.15) is 37.3 Å². The van der Waals surface area contributed by atoms with Crippen LogP contribution in [0.15, 0.2) is 47.7 Å². The molecule has 2 fully saturated rings. The van der Waals surface area contributed by atoms with Gasteiger partial charge < -0.3 is 9.64 Å². The predicted octanol–water partition coefficient (Wildman–Crippen LogP) is 3.59. The molecule has 0 amide bonds. The van der Waals surface area contributed by atoms with Gasteiger partial charge in [0.1, 0.15) is 5.75 Å². The first kappa shape index (κ1) is 18.2. The van der Waals surface area contributed by atoms with Gasteiger partial charge in [-0.1, -0.05) is 0 Å². The lowest BCUT2D eigenvalue weighted by Crippen LogP contribution is -2.36. The van der Waals surface area contributed by atoms with E-state index in [9.17, 15) is 4.79 Å². The van der Waals surface area contributed by atoms with Crippen LogP contribution in [0, 0.1) is 5.92 Å². The Morgan fingerprint density at radius 3 is 2.62 bits per heavy atom. The number of methoxy groups -OCH3 is 1. The SMILES string of the molecule is COc1ccc2nccc(N3CCC(Cn4cnc(C5CC5)cc4=O)CC3)c2c1. The number of anilines is 1. The van der Waals surface area contributed by atoms with Gasteiger partial charge in [-0.05, 0) is 55.9 Å². The smallest absolute Gasteiger partial charge is 0.253 e. The molecule has 2 aromatic heterocycles. The van der Waals surface area contributed by atoms with E-state index in [1.54, 1.807) is 24.1 Å². The minimum atomic E-state index is 0.0940. The van der Waals surface area contributed by atoms with Crippen molar-refractivity contribution < 1.29 is 4.74 Å². The van der Waals surface area contributed by atoms with Gasteiger partial charge in [0.05, 0.1) is 24.6 Å². The zero-order chi connectivity index (χ0) is 19.8. The molecular formula is C23H26N4O2. The third kappa shape index (κ3) is 3.71. The van der Waals surface area contributed by atoms with Crippen LogP contribution in [-0.2, 0) is 6.54 Å². The molecule has 0 atom stereocenters. The highest BCUT2D eigenvalue weighted by molar-refractivity contribution is 5.92. The maximum Gasteiger partial charge on any atom is 0.253 e. The number of benzene rings is 1. The van der Waals surface area contributed by atoms with E-state index in [0.29, 0.717) is 11.8 Å². The lowest BCUT2D eigenvalue weighted by molar-refractivity contribution is 0.351. The van der Waals surface area contributed by atoms with Crippen molar-refractivity contribution in [3.8, 4) is 5.75 Å². The summed E-state index contributed by atoms with van der Waals surface area (Å²) in [5.41, 5.74) is 3.26. The van der Waals surface area contributed by atoms with Crippen molar-refractivity contribution in [2.75, 3.05) is 25.1 Å². The summed E-state index contributed by atoms with van der Waals surface area (Å²) in [5, 5.41) is 1.13.